The molecule has 1 aromatic heterocycles. The van der Waals surface area contributed by atoms with E-state index in [-0.39, 0.29) is 19.0 Å². The summed E-state index contributed by atoms with van der Waals surface area (Å²) >= 11 is 6.02. The average molecular weight is 342 g/mol. The highest BCUT2D eigenvalue weighted by Crippen LogP contribution is 2.29. The summed E-state index contributed by atoms with van der Waals surface area (Å²) in [7, 11) is 0. The molecule has 120 valence electrons. The lowest BCUT2D eigenvalue weighted by molar-refractivity contribution is 0.266. The molecule has 0 aliphatic heterocycles. The van der Waals surface area contributed by atoms with Gasteiger partial charge in [-0.15, -0.1) is 12.4 Å². The topological polar surface area (TPSA) is 50.1 Å². The summed E-state index contributed by atoms with van der Waals surface area (Å²) in [5.74, 6) is 0. The van der Waals surface area contributed by atoms with Crippen LogP contribution in [0.25, 0.3) is 0 Å². The van der Waals surface area contributed by atoms with Crippen LogP contribution in [0.2, 0.25) is 5.02 Å². The van der Waals surface area contributed by atoms with Crippen LogP contribution in [0.3, 0.4) is 0 Å². The standard InChI is InChI=1S/C16H20ClN3O.ClH/c17-13-4-1-3-12(9-13)10-18-15-5-2-6-16-14(15)11-19-20(16)7-8-21;/h1,3-4,9,11,15,18,21H,2,5-8,10H2;1H. The fourth-order valence-corrected chi connectivity index (χ4v) is 3.22. The first-order chi connectivity index (χ1) is 10.3. The third-order valence-electron chi connectivity index (χ3n) is 4.02. The minimum atomic E-state index is 0. The van der Waals surface area contributed by atoms with E-state index < -0.39 is 0 Å². The quantitative estimate of drug-likeness (QED) is 0.878. The molecule has 0 spiro atoms. The molecule has 1 aromatic carbocycles. The zero-order chi connectivity index (χ0) is 14.7. The number of halogens is 2. The number of aliphatic hydroxyl groups is 1. The van der Waals surface area contributed by atoms with Gasteiger partial charge >= 0.3 is 0 Å². The summed E-state index contributed by atoms with van der Waals surface area (Å²) in [6.07, 6.45) is 5.26. The number of nitrogens with zero attached hydrogens (tertiary/aromatic N) is 2. The van der Waals surface area contributed by atoms with E-state index in [2.05, 4.69) is 16.5 Å². The predicted molar refractivity (Wildman–Crippen MR) is 90.5 cm³/mol. The molecule has 0 amide bonds. The summed E-state index contributed by atoms with van der Waals surface area (Å²) in [5.41, 5.74) is 3.73. The maximum atomic E-state index is 9.09. The molecule has 0 bridgehead atoms. The molecule has 0 saturated heterocycles. The minimum absolute atomic E-state index is 0. The summed E-state index contributed by atoms with van der Waals surface area (Å²) in [6, 6.07) is 8.28. The van der Waals surface area contributed by atoms with E-state index in [0.29, 0.717) is 12.6 Å². The maximum absolute atomic E-state index is 9.09. The molecule has 1 atom stereocenters. The largest absolute Gasteiger partial charge is 0.394 e. The second-order valence-corrected chi connectivity index (χ2v) is 5.89. The molecular weight excluding hydrogens is 321 g/mol. The van der Waals surface area contributed by atoms with Crippen LogP contribution in [0.4, 0.5) is 0 Å². The Morgan fingerprint density at radius 1 is 1.41 bits per heavy atom. The van der Waals surface area contributed by atoms with Gasteiger partial charge in [0.2, 0.25) is 0 Å². The lowest BCUT2D eigenvalue weighted by Gasteiger charge is -2.24. The lowest BCUT2D eigenvalue weighted by Crippen LogP contribution is -2.25. The van der Waals surface area contributed by atoms with Crippen molar-refractivity contribution in [2.75, 3.05) is 6.61 Å². The normalized spacial score (nSPS) is 16.9. The number of hydrogen-bond donors (Lipinski definition) is 2. The molecule has 0 radical (unpaired) electrons. The first kappa shape index (κ1) is 17.3. The third-order valence-corrected chi connectivity index (χ3v) is 4.25. The summed E-state index contributed by atoms with van der Waals surface area (Å²) in [4.78, 5) is 0. The summed E-state index contributed by atoms with van der Waals surface area (Å²) in [5, 5.41) is 17.9. The van der Waals surface area contributed by atoms with Crippen molar-refractivity contribution < 1.29 is 5.11 Å². The number of benzene rings is 1. The second-order valence-electron chi connectivity index (χ2n) is 5.45. The first-order valence-electron chi connectivity index (χ1n) is 7.41. The molecular formula is C16H21Cl2N3O. The molecule has 4 nitrogen and oxygen atoms in total. The molecule has 3 rings (SSSR count). The number of aromatic nitrogens is 2. The molecule has 1 aliphatic carbocycles. The fourth-order valence-electron chi connectivity index (χ4n) is 3.01. The Bertz CT molecular complexity index is 615. The third kappa shape index (κ3) is 3.82. The van der Waals surface area contributed by atoms with Gasteiger partial charge in [-0.3, -0.25) is 4.68 Å². The molecule has 0 saturated carbocycles. The van der Waals surface area contributed by atoms with Crippen LogP contribution < -0.4 is 5.32 Å². The Kier molecular flexibility index (Phi) is 6.26. The smallest absolute Gasteiger partial charge is 0.0644 e. The number of aliphatic hydroxyl groups excluding tert-OH is 1. The number of fused-ring (bicyclic) bond motifs is 1. The van der Waals surface area contributed by atoms with Gasteiger partial charge in [0.15, 0.2) is 0 Å². The van der Waals surface area contributed by atoms with Crippen molar-refractivity contribution in [2.45, 2.75) is 38.4 Å². The Morgan fingerprint density at radius 3 is 3.05 bits per heavy atom. The molecule has 2 aromatic rings. The highest BCUT2D eigenvalue weighted by molar-refractivity contribution is 6.30. The monoisotopic (exact) mass is 341 g/mol. The van der Waals surface area contributed by atoms with Gasteiger partial charge in [-0.1, -0.05) is 23.7 Å². The number of hydrogen-bond acceptors (Lipinski definition) is 3. The number of rotatable bonds is 5. The van der Waals surface area contributed by atoms with E-state index in [0.717, 1.165) is 30.8 Å². The number of nitrogens with one attached hydrogen (secondary N) is 1. The van der Waals surface area contributed by atoms with Crippen molar-refractivity contribution in [3.63, 3.8) is 0 Å². The zero-order valence-electron chi connectivity index (χ0n) is 12.3. The molecule has 1 unspecified atom stereocenters. The Labute approximate surface area is 141 Å². The molecule has 0 fully saturated rings. The Hall–Kier alpha value is -1.07. The van der Waals surface area contributed by atoms with Crippen LogP contribution >= 0.6 is 24.0 Å². The van der Waals surface area contributed by atoms with Crippen molar-refractivity contribution in [1.82, 2.24) is 15.1 Å². The molecule has 22 heavy (non-hydrogen) atoms. The maximum Gasteiger partial charge on any atom is 0.0644 e. The van der Waals surface area contributed by atoms with E-state index in [1.807, 2.05) is 29.1 Å². The van der Waals surface area contributed by atoms with Crippen LogP contribution in [-0.2, 0) is 19.5 Å². The van der Waals surface area contributed by atoms with E-state index in [9.17, 15) is 0 Å². The van der Waals surface area contributed by atoms with Crippen LogP contribution in [0, 0.1) is 0 Å². The van der Waals surface area contributed by atoms with Crippen molar-refractivity contribution in [3.8, 4) is 0 Å². The predicted octanol–water partition coefficient (Wildman–Crippen LogP) is 3.12. The van der Waals surface area contributed by atoms with Gasteiger partial charge in [-0.25, -0.2) is 0 Å². The van der Waals surface area contributed by atoms with Gasteiger partial charge < -0.3 is 10.4 Å². The minimum Gasteiger partial charge on any atom is -0.394 e. The lowest BCUT2D eigenvalue weighted by atomic mass is 9.93. The molecule has 1 heterocycles. The van der Waals surface area contributed by atoms with Gasteiger partial charge in [0.05, 0.1) is 19.3 Å². The first-order valence-corrected chi connectivity index (χ1v) is 7.79. The van der Waals surface area contributed by atoms with Crippen LogP contribution in [0.1, 0.15) is 35.7 Å². The second kappa shape index (κ2) is 7.97. The van der Waals surface area contributed by atoms with Crippen molar-refractivity contribution in [1.29, 1.82) is 0 Å². The fraction of sp³-hybridized carbons (Fsp3) is 0.438. The Morgan fingerprint density at radius 2 is 2.27 bits per heavy atom. The summed E-state index contributed by atoms with van der Waals surface area (Å²) < 4.78 is 1.93. The zero-order valence-corrected chi connectivity index (χ0v) is 13.9. The highest BCUT2D eigenvalue weighted by Gasteiger charge is 2.23. The van der Waals surface area contributed by atoms with Crippen LogP contribution in [-0.4, -0.2) is 21.5 Å². The van der Waals surface area contributed by atoms with Crippen molar-refractivity contribution in [2.24, 2.45) is 0 Å². The average Bonchev–Trinajstić information content (AvgIpc) is 2.90. The highest BCUT2D eigenvalue weighted by atomic mass is 35.5. The van der Waals surface area contributed by atoms with Crippen LogP contribution in [0.5, 0.6) is 0 Å². The molecule has 2 N–H and O–H groups in total. The van der Waals surface area contributed by atoms with E-state index in [1.165, 1.54) is 16.8 Å². The Balaban J connectivity index is 0.00000176. The van der Waals surface area contributed by atoms with Gasteiger partial charge in [0, 0.05) is 28.9 Å². The SMILES string of the molecule is Cl.OCCn1ncc2c1CCCC2NCc1cccc(Cl)c1. The van der Waals surface area contributed by atoms with E-state index in [4.69, 9.17) is 16.7 Å². The molecule has 1 aliphatic rings. The van der Waals surface area contributed by atoms with Gasteiger partial charge in [-0.05, 0) is 37.0 Å². The van der Waals surface area contributed by atoms with Crippen molar-refractivity contribution >= 4 is 24.0 Å². The van der Waals surface area contributed by atoms with Crippen molar-refractivity contribution in [3.05, 3.63) is 52.3 Å². The van der Waals surface area contributed by atoms with Gasteiger partial charge in [0.25, 0.3) is 0 Å². The summed E-state index contributed by atoms with van der Waals surface area (Å²) in [6.45, 7) is 1.51. The van der Waals surface area contributed by atoms with E-state index in [1.54, 1.807) is 0 Å². The molecule has 6 heteroatoms. The van der Waals surface area contributed by atoms with Gasteiger partial charge in [0.1, 0.15) is 0 Å². The van der Waals surface area contributed by atoms with E-state index >= 15 is 0 Å². The van der Waals surface area contributed by atoms with Crippen LogP contribution in [0.15, 0.2) is 30.5 Å². The van der Waals surface area contributed by atoms with Gasteiger partial charge in [-0.2, -0.15) is 5.10 Å².